The molecule has 0 bridgehead atoms. The third-order valence-corrected chi connectivity index (χ3v) is 2.27. The summed E-state index contributed by atoms with van der Waals surface area (Å²) in [6, 6.07) is 4.03. The number of hydrogen-bond donors (Lipinski definition) is 2. The highest BCUT2D eigenvalue weighted by atomic mass is 19.4. The molecule has 0 saturated carbocycles. The van der Waals surface area contributed by atoms with E-state index in [1.165, 1.54) is 13.2 Å². The molecule has 0 aliphatic heterocycles. The average Bonchev–Trinajstić information content (AvgIpc) is 2.28. The fourth-order valence-corrected chi connectivity index (χ4v) is 1.43. The standard InChI is InChI=1S/C11H15F3N2O/c1-17-5-4-16-9-3-2-8(7-15)10(6-9)11(12,13)14/h2-3,6,16H,4-5,7,15H2,1H3. The Labute approximate surface area is 97.8 Å². The van der Waals surface area contributed by atoms with Gasteiger partial charge in [-0.1, -0.05) is 6.07 Å². The summed E-state index contributed by atoms with van der Waals surface area (Å²) in [4.78, 5) is 0. The van der Waals surface area contributed by atoms with Crippen molar-refractivity contribution in [1.82, 2.24) is 0 Å². The summed E-state index contributed by atoms with van der Waals surface area (Å²) in [5.41, 5.74) is 5.09. The van der Waals surface area contributed by atoms with Crippen molar-refractivity contribution in [2.24, 2.45) is 5.73 Å². The maximum atomic E-state index is 12.7. The molecule has 17 heavy (non-hydrogen) atoms. The third kappa shape index (κ3) is 3.90. The minimum atomic E-state index is -4.38. The molecule has 3 nitrogen and oxygen atoms in total. The van der Waals surface area contributed by atoms with Crippen LogP contribution >= 0.6 is 0 Å². The van der Waals surface area contributed by atoms with Gasteiger partial charge in [-0.2, -0.15) is 13.2 Å². The van der Waals surface area contributed by atoms with E-state index in [1.807, 2.05) is 0 Å². The van der Waals surface area contributed by atoms with Gasteiger partial charge >= 0.3 is 6.18 Å². The van der Waals surface area contributed by atoms with Crippen LogP contribution in [0.3, 0.4) is 0 Å². The van der Waals surface area contributed by atoms with E-state index < -0.39 is 11.7 Å². The average molecular weight is 248 g/mol. The summed E-state index contributed by atoms with van der Waals surface area (Å²) < 4.78 is 42.9. The Bertz CT molecular complexity index is 366. The van der Waals surface area contributed by atoms with E-state index in [2.05, 4.69) is 5.32 Å². The number of nitrogens with one attached hydrogen (secondary N) is 1. The van der Waals surface area contributed by atoms with Gasteiger partial charge in [0, 0.05) is 25.9 Å². The van der Waals surface area contributed by atoms with Gasteiger partial charge in [-0.25, -0.2) is 0 Å². The summed E-state index contributed by atoms with van der Waals surface area (Å²) in [7, 11) is 1.53. The van der Waals surface area contributed by atoms with Crippen LogP contribution in [0.25, 0.3) is 0 Å². The Morgan fingerprint density at radius 1 is 1.35 bits per heavy atom. The number of ether oxygens (including phenoxy) is 1. The van der Waals surface area contributed by atoms with Crippen molar-refractivity contribution in [3.05, 3.63) is 29.3 Å². The molecule has 3 N–H and O–H groups in total. The summed E-state index contributed by atoms with van der Waals surface area (Å²) in [6.07, 6.45) is -4.38. The Kier molecular flexibility index (Phi) is 4.77. The van der Waals surface area contributed by atoms with Crippen LogP contribution in [0.15, 0.2) is 18.2 Å². The molecule has 0 fully saturated rings. The fraction of sp³-hybridized carbons (Fsp3) is 0.455. The molecule has 0 amide bonds. The molecule has 0 aliphatic rings. The summed E-state index contributed by atoms with van der Waals surface area (Å²) in [5, 5.41) is 2.84. The maximum Gasteiger partial charge on any atom is 0.416 e. The number of methoxy groups -OCH3 is 1. The second kappa shape index (κ2) is 5.88. The van der Waals surface area contributed by atoms with Crippen molar-refractivity contribution in [2.75, 3.05) is 25.6 Å². The second-order valence-electron chi connectivity index (χ2n) is 3.49. The van der Waals surface area contributed by atoms with Gasteiger partial charge in [-0.3, -0.25) is 0 Å². The first-order valence-corrected chi connectivity index (χ1v) is 5.12. The Hall–Kier alpha value is -1.27. The molecular formula is C11H15F3N2O. The van der Waals surface area contributed by atoms with Gasteiger partial charge < -0.3 is 15.8 Å². The second-order valence-corrected chi connectivity index (χ2v) is 3.49. The lowest BCUT2D eigenvalue weighted by molar-refractivity contribution is -0.138. The molecule has 96 valence electrons. The SMILES string of the molecule is COCCNc1ccc(CN)c(C(F)(F)F)c1. The van der Waals surface area contributed by atoms with E-state index in [9.17, 15) is 13.2 Å². The highest BCUT2D eigenvalue weighted by Gasteiger charge is 2.33. The molecule has 0 atom stereocenters. The molecule has 0 radical (unpaired) electrons. The van der Waals surface area contributed by atoms with E-state index in [4.69, 9.17) is 10.5 Å². The number of rotatable bonds is 5. The van der Waals surface area contributed by atoms with Crippen LogP contribution in [0.5, 0.6) is 0 Å². The van der Waals surface area contributed by atoms with Crippen LogP contribution in [0.1, 0.15) is 11.1 Å². The minimum Gasteiger partial charge on any atom is -0.383 e. The van der Waals surface area contributed by atoms with E-state index in [-0.39, 0.29) is 12.1 Å². The van der Waals surface area contributed by atoms with Gasteiger partial charge in [0.15, 0.2) is 0 Å². The molecule has 6 heteroatoms. The minimum absolute atomic E-state index is 0.0924. The van der Waals surface area contributed by atoms with Crippen molar-refractivity contribution in [3.63, 3.8) is 0 Å². The Morgan fingerprint density at radius 3 is 2.59 bits per heavy atom. The maximum absolute atomic E-state index is 12.7. The van der Waals surface area contributed by atoms with Crippen LogP contribution in [-0.4, -0.2) is 20.3 Å². The quantitative estimate of drug-likeness (QED) is 0.785. The largest absolute Gasteiger partial charge is 0.416 e. The van der Waals surface area contributed by atoms with Gasteiger partial charge in [0.1, 0.15) is 0 Å². The number of hydrogen-bond acceptors (Lipinski definition) is 3. The zero-order chi connectivity index (χ0) is 12.9. The van der Waals surface area contributed by atoms with Crippen LogP contribution in [0, 0.1) is 0 Å². The monoisotopic (exact) mass is 248 g/mol. The zero-order valence-electron chi connectivity index (χ0n) is 9.47. The van der Waals surface area contributed by atoms with Gasteiger partial charge in [0.25, 0.3) is 0 Å². The smallest absolute Gasteiger partial charge is 0.383 e. The zero-order valence-corrected chi connectivity index (χ0v) is 9.47. The van der Waals surface area contributed by atoms with E-state index in [0.717, 1.165) is 6.07 Å². The fourth-order valence-electron chi connectivity index (χ4n) is 1.43. The van der Waals surface area contributed by atoms with Crippen molar-refractivity contribution in [3.8, 4) is 0 Å². The molecule has 0 aromatic heterocycles. The Balaban J connectivity index is 2.89. The third-order valence-electron chi connectivity index (χ3n) is 2.27. The number of nitrogens with two attached hydrogens (primary N) is 1. The molecule has 1 aromatic rings. The first kappa shape index (κ1) is 13.8. The number of benzene rings is 1. The van der Waals surface area contributed by atoms with Crippen molar-refractivity contribution < 1.29 is 17.9 Å². The molecule has 0 aliphatic carbocycles. The van der Waals surface area contributed by atoms with E-state index in [0.29, 0.717) is 18.8 Å². The van der Waals surface area contributed by atoms with Gasteiger partial charge in [0.05, 0.1) is 12.2 Å². The van der Waals surface area contributed by atoms with Gasteiger partial charge in [0.2, 0.25) is 0 Å². The van der Waals surface area contributed by atoms with Crippen molar-refractivity contribution in [1.29, 1.82) is 0 Å². The number of anilines is 1. The van der Waals surface area contributed by atoms with E-state index >= 15 is 0 Å². The van der Waals surface area contributed by atoms with Crippen LogP contribution in [0.2, 0.25) is 0 Å². The van der Waals surface area contributed by atoms with Crippen LogP contribution in [0.4, 0.5) is 18.9 Å². The summed E-state index contributed by atoms with van der Waals surface area (Å²) in [6.45, 7) is 0.753. The molecule has 1 aromatic carbocycles. The predicted octanol–water partition coefficient (Wildman–Crippen LogP) is 2.22. The number of halogens is 3. The summed E-state index contributed by atoms with van der Waals surface area (Å²) >= 11 is 0. The van der Waals surface area contributed by atoms with Crippen LogP contribution in [-0.2, 0) is 17.5 Å². The van der Waals surface area contributed by atoms with Gasteiger partial charge in [-0.15, -0.1) is 0 Å². The number of alkyl halides is 3. The predicted molar refractivity (Wildman–Crippen MR) is 59.7 cm³/mol. The molecule has 0 heterocycles. The van der Waals surface area contributed by atoms with Gasteiger partial charge in [-0.05, 0) is 17.7 Å². The molecule has 1 rings (SSSR count). The molecule has 0 saturated heterocycles. The summed E-state index contributed by atoms with van der Waals surface area (Å²) in [5.74, 6) is 0. The highest BCUT2D eigenvalue weighted by Crippen LogP contribution is 2.33. The molecule has 0 spiro atoms. The lowest BCUT2D eigenvalue weighted by Crippen LogP contribution is -2.14. The molecule has 0 unspecified atom stereocenters. The van der Waals surface area contributed by atoms with Crippen LogP contribution < -0.4 is 11.1 Å². The normalized spacial score (nSPS) is 11.6. The topological polar surface area (TPSA) is 47.3 Å². The van der Waals surface area contributed by atoms with Crippen molar-refractivity contribution >= 4 is 5.69 Å². The lowest BCUT2D eigenvalue weighted by atomic mass is 10.1. The van der Waals surface area contributed by atoms with Crippen molar-refractivity contribution in [2.45, 2.75) is 12.7 Å². The Morgan fingerprint density at radius 2 is 2.06 bits per heavy atom. The lowest BCUT2D eigenvalue weighted by Gasteiger charge is -2.14. The first-order chi connectivity index (χ1) is 7.99. The first-order valence-electron chi connectivity index (χ1n) is 5.12. The highest BCUT2D eigenvalue weighted by molar-refractivity contribution is 5.49. The molecular weight excluding hydrogens is 233 g/mol. The van der Waals surface area contributed by atoms with E-state index in [1.54, 1.807) is 6.07 Å².